The average molecular weight is 325 g/mol. The van der Waals surface area contributed by atoms with E-state index in [-0.39, 0.29) is 0 Å². The van der Waals surface area contributed by atoms with E-state index in [4.69, 9.17) is 0 Å². The fourth-order valence-electron chi connectivity index (χ4n) is 2.51. The van der Waals surface area contributed by atoms with Crippen LogP contribution in [0.2, 0.25) is 0 Å². The molecule has 0 radical (unpaired) electrons. The number of Topliss-reactive ketones (excluding diaryl/α,β-unsaturated/α-hetero) is 1. The van der Waals surface area contributed by atoms with E-state index in [1.54, 1.807) is 0 Å². The van der Waals surface area contributed by atoms with Crippen LogP contribution >= 0.6 is 0 Å². The second-order valence-electron chi connectivity index (χ2n) is 6.40. The predicted molar refractivity (Wildman–Crippen MR) is 104 cm³/mol. The van der Waals surface area contributed by atoms with E-state index in [0.29, 0.717) is 5.78 Å². The lowest BCUT2D eigenvalue weighted by molar-refractivity contribution is -0.120. The number of carbonyl (C=O) groups excluding carboxylic acids is 1. The normalized spacial score (nSPS) is 14.0. The van der Waals surface area contributed by atoms with Crippen molar-refractivity contribution in [3.8, 4) is 0 Å². The third kappa shape index (κ3) is 9.29. The van der Waals surface area contributed by atoms with E-state index in [2.05, 4.69) is 69.3 Å². The molecule has 2 aromatic rings. The maximum atomic E-state index is 10.6. The first-order valence-corrected chi connectivity index (χ1v) is 9.25. The minimum Gasteiger partial charge on any atom is -0.300 e. The van der Waals surface area contributed by atoms with Gasteiger partial charge in [0.2, 0.25) is 0 Å². The number of ketones is 1. The van der Waals surface area contributed by atoms with Gasteiger partial charge in [0.25, 0.3) is 0 Å². The fourth-order valence-corrected chi connectivity index (χ4v) is 2.51. The minimum atomic E-state index is 0.461. The molecule has 0 spiro atoms. The highest BCUT2D eigenvalue weighted by atomic mass is 16.1. The summed E-state index contributed by atoms with van der Waals surface area (Å²) >= 11 is 0. The summed E-state index contributed by atoms with van der Waals surface area (Å²) in [6.45, 7) is 6.54. The number of hydrogen-bond donors (Lipinski definition) is 0. The van der Waals surface area contributed by atoms with Crippen molar-refractivity contribution in [1.82, 2.24) is 0 Å². The van der Waals surface area contributed by atoms with Crippen molar-refractivity contribution in [2.45, 2.75) is 59.3 Å². The van der Waals surface area contributed by atoms with Crippen LogP contribution in [0.3, 0.4) is 0 Å². The molecule has 0 atom stereocenters. The Hall–Kier alpha value is -1.89. The lowest BCUT2D eigenvalue weighted by Gasteiger charge is -2.14. The Morgan fingerprint density at radius 2 is 1.12 bits per heavy atom. The van der Waals surface area contributed by atoms with Crippen LogP contribution in [0.25, 0.3) is 0 Å². The number of aryl methyl sites for hydroxylation is 2. The number of rotatable bonds is 2. The van der Waals surface area contributed by atoms with E-state index >= 15 is 0 Å². The Kier molecular flexibility index (Phi) is 10.5. The Balaban J connectivity index is 0.000000180. The summed E-state index contributed by atoms with van der Waals surface area (Å²) in [5.74, 6) is 1.26. The molecule has 3 rings (SSSR count). The molecule has 0 heterocycles. The van der Waals surface area contributed by atoms with Gasteiger partial charge in [0.1, 0.15) is 5.78 Å². The summed E-state index contributed by atoms with van der Waals surface area (Å²) in [7, 11) is 0. The molecule has 24 heavy (non-hydrogen) atoms. The summed E-state index contributed by atoms with van der Waals surface area (Å²) in [5.41, 5.74) is 2.82. The van der Waals surface area contributed by atoms with E-state index in [9.17, 15) is 4.79 Å². The van der Waals surface area contributed by atoms with Crippen LogP contribution in [0.5, 0.6) is 0 Å². The van der Waals surface area contributed by atoms with Crippen LogP contribution in [0.4, 0.5) is 0 Å². The van der Waals surface area contributed by atoms with Gasteiger partial charge in [-0.1, -0.05) is 81.4 Å². The molecular formula is C23H32O. The third-order valence-electron chi connectivity index (χ3n) is 4.33. The molecule has 0 amide bonds. The van der Waals surface area contributed by atoms with Gasteiger partial charge in [-0.3, -0.25) is 4.79 Å². The van der Waals surface area contributed by atoms with Gasteiger partial charge in [-0.25, -0.2) is 0 Å². The van der Waals surface area contributed by atoms with Gasteiger partial charge in [0.05, 0.1) is 0 Å². The summed E-state index contributed by atoms with van der Waals surface area (Å²) in [6, 6.07) is 20.9. The van der Waals surface area contributed by atoms with Crippen LogP contribution in [-0.4, -0.2) is 5.78 Å². The smallest absolute Gasteiger partial charge is 0.132 e. The molecule has 1 aliphatic carbocycles. The summed E-state index contributed by atoms with van der Waals surface area (Å²) in [6.07, 6.45) is 6.20. The molecule has 1 fully saturated rings. The number of hydrogen-bond acceptors (Lipinski definition) is 1. The highest BCUT2D eigenvalue weighted by Gasteiger charge is 2.13. The quantitative estimate of drug-likeness (QED) is 0.637. The first-order valence-electron chi connectivity index (χ1n) is 9.25. The summed E-state index contributed by atoms with van der Waals surface area (Å²) in [4.78, 5) is 10.6. The van der Waals surface area contributed by atoms with Crippen molar-refractivity contribution >= 4 is 5.78 Å². The van der Waals surface area contributed by atoms with Crippen molar-refractivity contribution < 1.29 is 4.79 Å². The van der Waals surface area contributed by atoms with Crippen LogP contribution in [-0.2, 0) is 17.6 Å². The molecule has 0 aliphatic heterocycles. The molecule has 2 aromatic carbocycles. The standard InChI is InChI=1S/2C8H10.C7H12O/c2*1-2-8-6-4-3-5-7-8;1-6-2-4-7(8)5-3-6/h2*3-7H,2H2,1H3;6H,2-5H2,1H3. The van der Waals surface area contributed by atoms with Gasteiger partial charge in [-0.05, 0) is 42.7 Å². The van der Waals surface area contributed by atoms with Gasteiger partial charge in [0, 0.05) is 12.8 Å². The van der Waals surface area contributed by atoms with Crippen molar-refractivity contribution in [2.24, 2.45) is 5.92 Å². The van der Waals surface area contributed by atoms with Gasteiger partial charge >= 0.3 is 0 Å². The lowest BCUT2D eigenvalue weighted by Crippen LogP contribution is -2.10. The molecule has 0 bridgehead atoms. The molecule has 0 N–H and O–H groups in total. The fraction of sp³-hybridized carbons (Fsp3) is 0.435. The Labute approximate surface area is 148 Å². The largest absolute Gasteiger partial charge is 0.300 e. The summed E-state index contributed by atoms with van der Waals surface area (Å²) < 4.78 is 0. The zero-order valence-corrected chi connectivity index (χ0v) is 15.5. The van der Waals surface area contributed by atoms with Crippen LogP contribution < -0.4 is 0 Å². The van der Waals surface area contributed by atoms with Crippen LogP contribution in [0.1, 0.15) is 57.6 Å². The molecule has 1 aliphatic rings. The second kappa shape index (κ2) is 12.5. The van der Waals surface area contributed by atoms with Crippen molar-refractivity contribution in [3.63, 3.8) is 0 Å². The van der Waals surface area contributed by atoms with E-state index in [1.165, 1.54) is 11.1 Å². The Morgan fingerprint density at radius 1 is 0.750 bits per heavy atom. The predicted octanol–water partition coefficient (Wildman–Crippen LogP) is 6.26. The van der Waals surface area contributed by atoms with Crippen LogP contribution in [0, 0.1) is 5.92 Å². The zero-order valence-electron chi connectivity index (χ0n) is 15.5. The summed E-state index contributed by atoms with van der Waals surface area (Å²) in [5, 5.41) is 0. The molecule has 1 nitrogen and oxygen atoms in total. The van der Waals surface area contributed by atoms with E-state index in [1.807, 2.05) is 12.1 Å². The maximum absolute atomic E-state index is 10.6. The molecule has 0 saturated heterocycles. The highest BCUT2D eigenvalue weighted by Crippen LogP contribution is 2.19. The molecule has 0 unspecified atom stereocenters. The average Bonchev–Trinajstić information content (AvgIpc) is 2.66. The van der Waals surface area contributed by atoms with Crippen molar-refractivity contribution in [3.05, 3.63) is 71.8 Å². The maximum Gasteiger partial charge on any atom is 0.132 e. The van der Waals surface area contributed by atoms with E-state index < -0.39 is 0 Å². The molecule has 0 aromatic heterocycles. The topological polar surface area (TPSA) is 17.1 Å². The SMILES string of the molecule is CC1CCC(=O)CC1.CCc1ccccc1.CCc1ccccc1. The molecule has 1 heteroatoms. The van der Waals surface area contributed by atoms with Crippen molar-refractivity contribution in [1.29, 1.82) is 0 Å². The number of carbonyl (C=O) groups is 1. The van der Waals surface area contributed by atoms with Gasteiger partial charge in [0.15, 0.2) is 0 Å². The molecular weight excluding hydrogens is 292 g/mol. The first-order chi connectivity index (χ1) is 11.7. The zero-order chi connectivity index (χ0) is 17.6. The molecule has 130 valence electrons. The van der Waals surface area contributed by atoms with Crippen molar-refractivity contribution in [2.75, 3.05) is 0 Å². The Bertz CT molecular complexity index is 495. The van der Waals surface area contributed by atoms with Gasteiger partial charge in [-0.2, -0.15) is 0 Å². The monoisotopic (exact) mass is 324 g/mol. The lowest BCUT2D eigenvalue weighted by atomic mass is 9.90. The van der Waals surface area contributed by atoms with E-state index in [0.717, 1.165) is 44.4 Å². The highest BCUT2D eigenvalue weighted by molar-refractivity contribution is 5.78. The Morgan fingerprint density at radius 3 is 1.38 bits per heavy atom. The van der Waals surface area contributed by atoms with Crippen LogP contribution in [0.15, 0.2) is 60.7 Å². The second-order valence-corrected chi connectivity index (χ2v) is 6.40. The number of benzene rings is 2. The van der Waals surface area contributed by atoms with Gasteiger partial charge < -0.3 is 0 Å². The molecule has 1 saturated carbocycles. The first kappa shape index (κ1) is 20.2. The minimum absolute atomic E-state index is 0.461. The third-order valence-corrected chi connectivity index (χ3v) is 4.33. The van der Waals surface area contributed by atoms with Gasteiger partial charge in [-0.15, -0.1) is 0 Å².